The van der Waals surface area contributed by atoms with Crippen molar-refractivity contribution >= 4 is 35.0 Å². The molecule has 2 aromatic rings. The Morgan fingerprint density at radius 1 is 1.13 bits per heavy atom. The number of ketones is 1. The van der Waals surface area contributed by atoms with Gasteiger partial charge >= 0.3 is 6.09 Å². The lowest BCUT2D eigenvalue weighted by atomic mass is 9.76. The number of hydrogen-bond acceptors (Lipinski definition) is 7. The Kier molecular flexibility index (Phi) is 7.28. The summed E-state index contributed by atoms with van der Waals surface area (Å²) in [5.74, 6) is -0.560. The highest BCUT2D eigenvalue weighted by atomic mass is 32.1. The Morgan fingerprint density at radius 3 is 2.53 bits per heavy atom. The van der Waals surface area contributed by atoms with Crippen molar-refractivity contribution in [2.24, 2.45) is 11.7 Å². The molecule has 1 saturated carbocycles. The van der Waals surface area contributed by atoms with E-state index in [4.69, 9.17) is 10.5 Å². The van der Waals surface area contributed by atoms with Crippen LogP contribution in [0.2, 0.25) is 0 Å². The molecule has 3 aliphatic rings. The summed E-state index contributed by atoms with van der Waals surface area (Å²) < 4.78 is 5.52. The molecule has 2 aliphatic heterocycles. The van der Waals surface area contributed by atoms with Gasteiger partial charge in [-0.15, -0.1) is 0 Å². The lowest BCUT2D eigenvalue weighted by Crippen LogP contribution is -2.60. The van der Waals surface area contributed by atoms with E-state index in [1.807, 2.05) is 50.2 Å². The zero-order valence-corrected chi connectivity index (χ0v) is 22.5. The third-order valence-electron chi connectivity index (χ3n) is 7.77. The number of rotatable bonds is 7. The van der Waals surface area contributed by atoms with E-state index in [1.165, 1.54) is 16.2 Å². The van der Waals surface area contributed by atoms with E-state index in [9.17, 15) is 19.2 Å². The fraction of sp³-hybridized carbons (Fsp3) is 0.500. The maximum atomic E-state index is 13.7. The largest absolute Gasteiger partial charge is 0.414 e. The van der Waals surface area contributed by atoms with Crippen LogP contribution in [0.4, 0.5) is 4.79 Å². The van der Waals surface area contributed by atoms with Gasteiger partial charge in [0.2, 0.25) is 11.8 Å². The number of hydrogen-bond donors (Lipinski definition) is 2. The Balaban J connectivity index is 1.25. The van der Waals surface area contributed by atoms with Crippen molar-refractivity contribution in [1.82, 2.24) is 15.1 Å². The summed E-state index contributed by atoms with van der Waals surface area (Å²) in [6.07, 6.45) is 2.34. The fourth-order valence-corrected chi connectivity index (χ4v) is 6.55. The molecule has 10 heteroatoms. The third kappa shape index (κ3) is 5.07. The Hall–Kier alpha value is -3.24. The molecule has 0 spiro atoms. The molecule has 5 rings (SSSR count). The van der Waals surface area contributed by atoms with Gasteiger partial charge in [-0.2, -0.15) is 0 Å². The molecule has 9 nitrogen and oxygen atoms in total. The lowest BCUT2D eigenvalue weighted by molar-refractivity contribution is -0.141. The lowest BCUT2D eigenvalue weighted by Gasteiger charge is -2.40. The van der Waals surface area contributed by atoms with Crippen LogP contribution >= 0.6 is 11.3 Å². The predicted octanol–water partition coefficient (Wildman–Crippen LogP) is 3.18. The van der Waals surface area contributed by atoms with Crippen LogP contribution in [0.25, 0.3) is 10.4 Å². The Labute approximate surface area is 226 Å². The van der Waals surface area contributed by atoms with Gasteiger partial charge in [0.05, 0.1) is 18.1 Å². The first-order valence-corrected chi connectivity index (χ1v) is 14.0. The summed E-state index contributed by atoms with van der Waals surface area (Å²) in [4.78, 5) is 56.7. The quantitative estimate of drug-likeness (QED) is 0.558. The monoisotopic (exact) mass is 538 g/mol. The molecule has 38 heavy (non-hydrogen) atoms. The number of carbonyl (C=O) groups excluding carboxylic acids is 4. The molecule has 0 radical (unpaired) electrons. The zero-order valence-electron chi connectivity index (χ0n) is 21.7. The minimum Gasteiger partial charge on any atom is -0.399 e. The van der Waals surface area contributed by atoms with Crippen LogP contribution in [0.5, 0.6) is 5.06 Å². The molecule has 3 fully saturated rings. The summed E-state index contributed by atoms with van der Waals surface area (Å²) in [5.41, 5.74) is 6.40. The number of carbonyl (C=O) groups is 4. The molecular weight excluding hydrogens is 504 g/mol. The molecule has 1 aromatic carbocycles. The van der Waals surface area contributed by atoms with Crippen LogP contribution in [-0.2, 0) is 14.4 Å². The SMILES string of the molecule is CC(C)CC(NC(=O)Oc1ccc(-c2ccccc2)s1)C(=O)N1CCC2C1C(=O)CN2C(=O)C1(N)CCC1. The number of ether oxygens (including phenoxy) is 1. The number of nitrogens with two attached hydrogens (primary N) is 1. The highest BCUT2D eigenvalue weighted by molar-refractivity contribution is 7.17. The molecule has 1 aromatic heterocycles. The van der Waals surface area contributed by atoms with E-state index in [2.05, 4.69) is 5.32 Å². The number of thiophene rings is 1. The van der Waals surface area contributed by atoms with E-state index in [0.717, 1.165) is 16.9 Å². The number of Topliss-reactive ketones (excluding diaryl/α,β-unsaturated/α-hetero) is 1. The minimum absolute atomic E-state index is 0.0245. The van der Waals surface area contributed by atoms with Crippen molar-refractivity contribution in [3.05, 3.63) is 42.5 Å². The Morgan fingerprint density at radius 2 is 1.87 bits per heavy atom. The van der Waals surface area contributed by atoms with Crippen molar-refractivity contribution in [2.45, 2.75) is 69.6 Å². The summed E-state index contributed by atoms with van der Waals surface area (Å²) in [5, 5.41) is 3.16. The molecule has 3 atom stereocenters. The second-order valence-electron chi connectivity index (χ2n) is 10.9. The number of benzene rings is 1. The van der Waals surface area contributed by atoms with Crippen molar-refractivity contribution in [2.75, 3.05) is 13.1 Å². The molecule has 202 valence electrons. The average Bonchev–Trinajstić information content (AvgIpc) is 3.59. The minimum atomic E-state index is -0.889. The maximum absolute atomic E-state index is 13.7. The van der Waals surface area contributed by atoms with Gasteiger partial charge in [-0.1, -0.05) is 55.5 Å². The van der Waals surface area contributed by atoms with Crippen LogP contribution in [0.3, 0.4) is 0 Å². The first-order valence-electron chi connectivity index (χ1n) is 13.2. The van der Waals surface area contributed by atoms with E-state index >= 15 is 0 Å². The molecule has 2 saturated heterocycles. The van der Waals surface area contributed by atoms with Gasteiger partial charge in [-0.25, -0.2) is 4.79 Å². The summed E-state index contributed by atoms with van der Waals surface area (Å²) in [6.45, 7) is 4.25. The van der Waals surface area contributed by atoms with E-state index < -0.39 is 23.7 Å². The zero-order chi connectivity index (χ0) is 27.0. The summed E-state index contributed by atoms with van der Waals surface area (Å²) >= 11 is 1.34. The van der Waals surface area contributed by atoms with Gasteiger partial charge in [0.1, 0.15) is 12.1 Å². The maximum Gasteiger partial charge on any atom is 0.414 e. The smallest absolute Gasteiger partial charge is 0.399 e. The number of nitrogens with one attached hydrogen (secondary N) is 1. The van der Waals surface area contributed by atoms with Gasteiger partial charge in [0, 0.05) is 11.4 Å². The van der Waals surface area contributed by atoms with Gasteiger partial charge in [0.25, 0.3) is 0 Å². The molecule has 1 aliphatic carbocycles. The highest BCUT2D eigenvalue weighted by Crippen LogP contribution is 2.37. The second-order valence-corrected chi connectivity index (χ2v) is 12.0. The van der Waals surface area contributed by atoms with E-state index in [-0.39, 0.29) is 36.1 Å². The molecule has 3 N–H and O–H groups in total. The Bertz CT molecular complexity index is 1220. The molecular formula is C28H34N4O5S. The highest BCUT2D eigenvalue weighted by Gasteiger charge is 2.55. The van der Waals surface area contributed by atoms with Crippen molar-refractivity contribution in [3.8, 4) is 15.5 Å². The molecule has 3 amide bonds. The fourth-order valence-electron chi connectivity index (χ4n) is 5.69. The van der Waals surface area contributed by atoms with Crippen LogP contribution in [-0.4, -0.2) is 70.2 Å². The van der Waals surface area contributed by atoms with Crippen molar-refractivity contribution in [1.29, 1.82) is 0 Å². The second kappa shape index (κ2) is 10.5. The number of likely N-dealkylation sites (tertiary alicyclic amines) is 2. The molecule has 3 heterocycles. The molecule has 0 bridgehead atoms. The predicted molar refractivity (Wildman–Crippen MR) is 144 cm³/mol. The number of amides is 3. The number of fused-ring (bicyclic) bond motifs is 1. The first kappa shape index (κ1) is 26.4. The van der Waals surface area contributed by atoms with Gasteiger partial charge < -0.3 is 25.6 Å². The van der Waals surface area contributed by atoms with Gasteiger partial charge in [-0.05, 0) is 55.7 Å². The topological polar surface area (TPSA) is 122 Å². The van der Waals surface area contributed by atoms with Crippen LogP contribution in [0.15, 0.2) is 42.5 Å². The van der Waals surface area contributed by atoms with Crippen LogP contribution in [0, 0.1) is 5.92 Å². The van der Waals surface area contributed by atoms with Crippen molar-refractivity contribution in [3.63, 3.8) is 0 Å². The first-order chi connectivity index (χ1) is 18.2. The van der Waals surface area contributed by atoms with Crippen LogP contribution in [0.1, 0.15) is 46.0 Å². The average molecular weight is 539 g/mol. The summed E-state index contributed by atoms with van der Waals surface area (Å²) in [7, 11) is 0. The standard InChI is InChI=1S/C28H34N4O5S/c1-17(2)15-19(30-27(36)37-23-10-9-22(38-23)18-7-4-3-5-8-18)25(34)31-14-11-20-24(31)21(33)16-32(20)26(35)28(29)12-6-13-28/h3-5,7-10,17,19-20,24H,6,11-16,29H2,1-2H3,(H,30,36). The number of nitrogens with zero attached hydrogens (tertiary/aromatic N) is 2. The van der Waals surface area contributed by atoms with E-state index in [0.29, 0.717) is 37.3 Å². The molecule has 3 unspecified atom stereocenters. The van der Waals surface area contributed by atoms with E-state index in [1.54, 1.807) is 11.0 Å². The summed E-state index contributed by atoms with van der Waals surface area (Å²) in [6, 6.07) is 11.5. The normalized spacial score (nSPS) is 22.7. The van der Waals surface area contributed by atoms with Crippen LogP contribution < -0.4 is 15.8 Å². The third-order valence-corrected chi connectivity index (χ3v) is 8.78. The van der Waals surface area contributed by atoms with Gasteiger partial charge in [0.15, 0.2) is 10.8 Å². The van der Waals surface area contributed by atoms with Crippen molar-refractivity contribution < 1.29 is 23.9 Å². The van der Waals surface area contributed by atoms with Gasteiger partial charge in [-0.3, -0.25) is 14.4 Å².